The van der Waals surface area contributed by atoms with Crippen LogP contribution in [-0.4, -0.2) is 41.5 Å². The number of aryl methyl sites for hydroxylation is 1. The first-order valence-electron chi connectivity index (χ1n) is 7.25. The molecule has 8 heteroatoms. The fraction of sp³-hybridized carbons (Fsp3) is 0.467. The summed E-state index contributed by atoms with van der Waals surface area (Å²) in [6, 6.07) is 3.64. The monoisotopic (exact) mass is 324 g/mol. The van der Waals surface area contributed by atoms with E-state index in [0.717, 1.165) is 20.1 Å². The Labute approximate surface area is 134 Å². The minimum absolute atomic E-state index is 0.123. The first-order chi connectivity index (χ1) is 11.3. The summed E-state index contributed by atoms with van der Waals surface area (Å²) in [5.74, 6) is 0.642. The average Bonchev–Trinajstić information content (AvgIpc) is 3.10. The van der Waals surface area contributed by atoms with Gasteiger partial charge in [-0.25, -0.2) is 9.36 Å². The summed E-state index contributed by atoms with van der Waals surface area (Å²) < 4.78 is 17.2. The Morgan fingerprint density at radius 1 is 1.35 bits per heavy atom. The molecule has 2 rings (SSSR count). The molecule has 0 radical (unpaired) electrons. The number of aliphatic hydroxyl groups is 1. The van der Waals surface area contributed by atoms with Crippen molar-refractivity contribution in [3.8, 4) is 5.75 Å². The number of carbonyl (C=O) groups excluding carboxylic acids is 1. The number of esters is 1. The molecule has 2 aromatic rings. The van der Waals surface area contributed by atoms with E-state index in [1.165, 1.54) is 6.33 Å². The first kappa shape index (κ1) is 18.6. The Balaban J connectivity index is 0.00000127. The second-order valence-corrected chi connectivity index (χ2v) is 4.37. The summed E-state index contributed by atoms with van der Waals surface area (Å²) in [4.78, 5) is 15.3. The molecule has 0 unspecified atom stereocenters. The molecule has 0 fully saturated rings. The van der Waals surface area contributed by atoms with Gasteiger partial charge in [-0.1, -0.05) is 12.1 Å². The molecule has 0 spiro atoms. The lowest BCUT2D eigenvalue weighted by atomic mass is 10.4. The van der Waals surface area contributed by atoms with E-state index in [9.17, 15) is 4.79 Å². The Morgan fingerprint density at radius 3 is 2.70 bits per heavy atom. The van der Waals surface area contributed by atoms with Crippen molar-refractivity contribution < 1.29 is 28.5 Å². The maximum atomic E-state index is 11.5. The molecule has 2 aromatic heterocycles. The van der Waals surface area contributed by atoms with Crippen LogP contribution in [0.25, 0.3) is 0 Å². The summed E-state index contributed by atoms with van der Waals surface area (Å²) in [6.07, 6.45) is 6.60. The number of carbonyl (C=O) groups is 1. The normalized spacial score (nSPS) is 9.70. The van der Waals surface area contributed by atoms with Crippen LogP contribution >= 0.6 is 0 Å². The van der Waals surface area contributed by atoms with Crippen LogP contribution in [0.15, 0.2) is 35.4 Å². The van der Waals surface area contributed by atoms with Crippen LogP contribution in [0.1, 0.15) is 19.2 Å². The largest absolute Gasteiger partial charge is 0.481 e. The van der Waals surface area contributed by atoms with Gasteiger partial charge in [-0.15, -0.1) is 0 Å². The van der Waals surface area contributed by atoms with Crippen molar-refractivity contribution >= 4 is 5.97 Å². The molecule has 126 valence electrons. The van der Waals surface area contributed by atoms with Crippen molar-refractivity contribution in [3.05, 3.63) is 36.7 Å². The SMILES string of the molecule is CCC[n+]1ccc(OCC(=O)OCCc2ncno2)cc1.CO. The molecule has 8 nitrogen and oxygen atoms in total. The zero-order valence-corrected chi connectivity index (χ0v) is 13.3. The van der Waals surface area contributed by atoms with Gasteiger partial charge in [-0.05, 0) is 0 Å². The lowest BCUT2D eigenvalue weighted by molar-refractivity contribution is -0.697. The number of hydrogen-bond donors (Lipinski definition) is 1. The molecule has 2 heterocycles. The van der Waals surface area contributed by atoms with E-state index in [4.69, 9.17) is 19.1 Å². The van der Waals surface area contributed by atoms with E-state index in [2.05, 4.69) is 21.6 Å². The van der Waals surface area contributed by atoms with Gasteiger partial charge in [-0.2, -0.15) is 4.98 Å². The van der Waals surface area contributed by atoms with Crippen LogP contribution in [0.5, 0.6) is 5.75 Å². The van der Waals surface area contributed by atoms with E-state index in [0.29, 0.717) is 18.1 Å². The minimum Gasteiger partial charge on any atom is -0.481 e. The van der Waals surface area contributed by atoms with E-state index in [1.54, 1.807) is 0 Å². The lowest BCUT2D eigenvalue weighted by Gasteiger charge is -2.05. The van der Waals surface area contributed by atoms with Gasteiger partial charge in [0.15, 0.2) is 25.3 Å². The molecule has 0 aromatic carbocycles. The third-order valence-electron chi connectivity index (χ3n) is 2.68. The van der Waals surface area contributed by atoms with E-state index >= 15 is 0 Å². The fourth-order valence-corrected chi connectivity index (χ4v) is 1.69. The molecule has 0 amide bonds. The van der Waals surface area contributed by atoms with Gasteiger partial charge in [0.1, 0.15) is 18.9 Å². The van der Waals surface area contributed by atoms with Crippen LogP contribution in [0.3, 0.4) is 0 Å². The standard InChI is InChI=1S/C14H18N3O4.CH4O/c1-2-6-17-7-3-12(4-8-17)20-10-14(18)19-9-5-13-15-11-16-21-13;1-2/h3-4,7-8,11H,2,5-6,9-10H2,1H3;2H,1H3/q+1;. The van der Waals surface area contributed by atoms with Crippen molar-refractivity contribution in [1.82, 2.24) is 10.1 Å². The maximum Gasteiger partial charge on any atom is 0.344 e. The van der Waals surface area contributed by atoms with Gasteiger partial charge in [0.25, 0.3) is 0 Å². The number of aliphatic hydroxyl groups excluding tert-OH is 1. The highest BCUT2D eigenvalue weighted by Crippen LogP contribution is 2.06. The molecule has 1 N–H and O–H groups in total. The van der Waals surface area contributed by atoms with Gasteiger partial charge < -0.3 is 19.1 Å². The van der Waals surface area contributed by atoms with Gasteiger partial charge >= 0.3 is 5.97 Å². The molecular formula is C15H22N3O5+. The third kappa shape index (κ3) is 7.37. The number of aromatic nitrogens is 3. The topological polar surface area (TPSA) is 98.6 Å². The molecule has 0 atom stereocenters. The molecular weight excluding hydrogens is 302 g/mol. The maximum absolute atomic E-state index is 11.5. The predicted octanol–water partition coefficient (Wildman–Crippen LogP) is 0.540. The Morgan fingerprint density at radius 2 is 2.09 bits per heavy atom. The fourth-order valence-electron chi connectivity index (χ4n) is 1.69. The number of pyridine rings is 1. The zero-order valence-electron chi connectivity index (χ0n) is 13.3. The van der Waals surface area contributed by atoms with Crippen LogP contribution in [0.2, 0.25) is 0 Å². The van der Waals surface area contributed by atoms with Crippen molar-refractivity contribution in [3.63, 3.8) is 0 Å². The second-order valence-electron chi connectivity index (χ2n) is 4.37. The highest BCUT2D eigenvalue weighted by Gasteiger charge is 2.07. The lowest BCUT2D eigenvalue weighted by Crippen LogP contribution is -2.32. The van der Waals surface area contributed by atoms with E-state index in [-0.39, 0.29) is 13.2 Å². The van der Waals surface area contributed by atoms with Gasteiger partial charge in [-0.3, -0.25) is 0 Å². The van der Waals surface area contributed by atoms with E-state index in [1.807, 2.05) is 24.5 Å². The number of ether oxygens (including phenoxy) is 2. The van der Waals surface area contributed by atoms with Gasteiger partial charge in [0.05, 0.1) is 6.42 Å². The molecule has 0 aliphatic heterocycles. The van der Waals surface area contributed by atoms with Crippen LogP contribution in [-0.2, 0) is 22.5 Å². The van der Waals surface area contributed by atoms with Gasteiger partial charge in [0.2, 0.25) is 5.89 Å². The van der Waals surface area contributed by atoms with Crippen molar-refractivity contribution in [2.75, 3.05) is 20.3 Å². The van der Waals surface area contributed by atoms with Crippen LogP contribution in [0, 0.1) is 0 Å². The van der Waals surface area contributed by atoms with Gasteiger partial charge in [0, 0.05) is 25.7 Å². The highest BCUT2D eigenvalue weighted by molar-refractivity contribution is 5.71. The third-order valence-corrected chi connectivity index (χ3v) is 2.68. The average molecular weight is 324 g/mol. The van der Waals surface area contributed by atoms with Crippen molar-refractivity contribution in [2.45, 2.75) is 26.3 Å². The number of nitrogens with zero attached hydrogens (tertiary/aromatic N) is 3. The Hall–Kier alpha value is -2.48. The highest BCUT2D eigenvalue weighted by atomic mass is 16.6. The minimum atomic E-state index is -0.431. The quantitative estimate of drug-likeness (QED) is 0.559. The molecule has 0 saturated carbocycles. The van der Waals surface area contributed by atoms with Crippen LogP contribution < -0.4 is 9.30 Å². The zero-order chi connectivity index (χ0) is 16.9. The van der Waals surface area contributed by atoms with E-state index < -0.39 is 5.97 Å². The summed E-state index contributed by atoms with van der Waals surface area (Å²) in [5, 5.41) is 10.5. The number of hydrogen-bond acceptors (Lipinski definition) is 7. The first-order valence-corrected chi connectivity index (χ1v) is 7.25. The summed E-state index contributed by atoms with van der Waals surface area (Å²) in [6.45, 7) is 3.14. The molecule has 0 aliphatic rings. The number of rotatable bonds is 8. The summed E-state index contributed by atoms with van der Waals surface area (Å²) >= 11 is 0. The predicted molar refractivity (Wildman–Crippen MR) is 79.5 cm³/mol. The van der Waals surface area contributed by atoms with Crippen LogP contribution in [0.4, 0.5) is 0 Å². The summed E-state index contributed by atoms with van der Waals surface area (Å²) in [5.41, 5.74) is 0. The molecule has 0 aliphatic carbocycles. The molecule has 23 heavy (non-hydrogen) atoms. The molecule has 0 saturated heterocycles. The van der Waals surface area contributed by atoms with Crippen molar-refractivity contribution in [1.29, 1.82) is 0 Å². The smallest absolute Gasteiger partial charge is 0.344 e. The Kier molecular flexibility index (Phi) is 8.99. The van der Waals surface area contributed by atoms with Crippen molar-refractivity contribution in [2.24, 2.45) is 0 Å². The summed E-state index contributed by atoms with van der Waals surface area (Å²) in [7, 11) is 1.00. The second kappa shape index (κ2) is 11.1. The Bertz CT molecular complexity index is 543. The molecule has 0 bridgehead atoms.